The molecule has 2 aromatic heterocycles. The van der Waals surface area contributed by atoms with E-state index in [-0.39, 0.29) is 0 Å². The number of para-hydroxylation sites is 1. The van der Waals surface area contributed by atoms with Crippen LogP contribution in [0.4, 0.5) is 5.69 Å². The maximum atomic E-state index is 5.87. The summed E-state index contributed by atoms with van der Waals surface area (Å²) in [5.41, 5.74) is 8.49. The van der Waals surface area contributed by atoms with Crippen LogP contribution in [0, 0.1) is 20.8 Å². The fourth-order valence-corrected chi connectivity index (χ4v) is 4.21. The molecule has 0 amide bonds. The zero-order valence-corrected chi connectivity index (χ0v) is 19.1. The number of fused-ring (bicyclic) bond motifs is 1. The van der Waals surface area contributed by atoms with Crippen LogP contribution in [0.5, 0.6) is 0 Å². The Morgan fingerprint density at radius 2 is 1.77 bits per heavy atom. The molecule has 4 nitrogen and oxygen atoms in total. The van der Waals surface area contributed by atoms with E-state index < -0.39 is 0 Å². The van der Waals surface area contributed by atoms with E-state index in [1.165, 1.54) is 38.9 Å². The normalized spacial score (nSPS) is 10.9. The van der Waals surface area contributed by atoms with E-state index in [1.807, 2.05) is 24.5 Å². The number of H-pyrrole nitrogens is 1. The Morgan fingerprint density at radius 1 is 1.00 bits per heavy atom. The number of nitrogens with zero attached hydrogens (tertiary/aromatic N) is 2. The number of benzene rings is 2. The average molecular weight is 429 g/mol. The molecule has 4 aromatic rings. The molecule has 31 heavy (non-hydrogen) atoms. The highest BCUT2D eigenvalue weighted by Crippen LogP contribution is 2.23. The van der Waals surface area contributed by atoms with Crippen LogP contribution in [0.1, 0.15) is 27.9 Å². The predicted molar refractivity (Wildman–Crippen MR) is 134 cm³/mol. The Labute approximate surface area is 189 Å². The van der Waals surface area contributed by atoms with Crippen LogP contribution in [0.3, 0.4) is 0 Å². The molecule has 2 heterocycles. The molecule has 2 N–H and O–H groups in total. The van der Waals surface area contributed by atoms with Gasteiger partial charge in [0.1, 0.15) is 0 Å². The Kier molecular flexibility index (Phi) is 6.33. The lowest BCUT2D eigenvalue weighted by molar-refractivity contribution is 0.423. The first-order chi connectivity index (χ1) is 15.0. The minimum absolute atomic E-state index is 0.737. The number of anilines is 1. The lowest BCUT2D eigenvalue weighted by atomic mass is 10.1. The van der Waals surface area contributed by atoms with Gasteiger partial charge in [-0.25, -0.2) is 0 Å². The molecule has 0 unspecified atom stereocenters. The van der Waals surface area contributed by atoms with Crippen LogP contribution in [-0.2, 0) is 13.0 Å². The zero-order chi connectivity index (χ0) is 21.8. The minimum Gasteiger partial charge on any atom is -0.358 e. The van der Waals surface area contributed by atoms with E-state index in [9.17, 15) is 0 Å². The van der Waals surface area contributed by atoms with E-state index >= 15 is 0 Å². The number of aromatic nitrogens is 2. The maximum Gasteiger partial charge on any atom is 0.173 e. The van der Waals surface area contributed by atoms with Gasteiger partial charge in [0.25, 0.3) is 0 Å². The summed E-state index contributed by atoms with van der Waals surface area (Å²) in [7, 11) is 0. The van der Waals surface area contributed by atoms with Crippen molar-refractivity contribution in [1.82, 2.24) is 14.9 Å². The minimum atomic E-state index is 0.737. The van der Waals surface area contributed by atoms with E-state index in [0.29, 0.717) is 0 Å². The highest BCUT2D eigenvalue weighted by atomic mass is 32.1. The van der Waals surface area contributed by atoms with Gasteiger partial charge in [-0.1, -0.05) is 30.3 Å². The van der Waals surface area contributed by atoms with E-state index in [1.54, 1.807) is 0 Å². The highest BCUT2D eigenvalue weighted by molar-refractivity contribution is 7.80. The molecular weight excluding hydrogens is 400 g/mol. The van der Waals surface area contributed by atoms with Gasteiger partial charge in [0.2, 0.25) is 0 Å². The van der Waals surface area contributed by atoms with Gasteiger partial charge in [-0.15, -0.1) is 0 Å². The van der Waals surface area contributed by atoms with E-state index in [2.05, 4.69) is 83.4 Å². The smallest absolute Gasteiger partial charge is 0.173 e. The number of hydrogen-bond donors (Lipinski definition) is 2. The van der Waals surface area contributed by atoms with Gasteiger partial charge >= 0.3 is 0 Å². The average Bonchev–Trinajstić information content (AvgIpc) is 3.10. The first-order valence-electron chi connectivity index (χ1n) is 10.6. The van der Waals surface area contributed by atoms with Crippen molar-refractivity contribution in [2.24, 2.45) is 0 Å². The zero-order valence-electron chi connectivity index (χ0n) is 18.3. The van der Waals surface area contributed by atoms with Gasteiger partial charge in [-0.05, 0) is 85.9 Å². The van der Waals surface area contributed by atoms with Crippen molar-refractivity contribution < 1.29 is 0 Å². The lowest BCUT2D eigenvalue weighted by Gasteiger charge is -2.27. The summed E-state index contributed by atoms with van der Waals surface area (Å²) in [4.78, 5) is 9.90. The Balaban J connectivity index is 1.57. The van der Waals surface area contributed by atoms with Crippen molar-refractivity contribution >= 4 is 33.9 Å². The summed E-state index contributed by atoms with van der Waals surface area (Å²) < 4.78 is 0. The molecular formula is C26H28N4S. The first-order valence-corrected chi connectivity index (χ1v) is 11.0. The first kappa shape index (κ1) is 21.1. The summed E-state index contributed by atoms with van der Waals surface area (Å²) in [6.45, 7) is 7.96. The molecule has 5 heteroatoms. The maximum absolute atomic E-state index is 5.87. The van der Waals surface area contributed by atoms with Gasteiger partial charge in [-0.2, -0.15) is 0 Å². The van der Waals surface area contributed by atoms with Crippen LogP contribution >= 0.6 is 12.2 Å². The molecule has 0 atom stereocenters. The van der Waals surface area contributed by atoms with E-state index in [4.69, 9.17) is 12.2 Å². The molecule has 0 aliphatic carbocycles. The Morgan fingerprint density at radius 3 is 2.58 bits per heavy atom. The molecule has 158 valence electrons. The van der Waals surface area contributed by atoms with Crippen LogP contribution in [0.25, 0.3) is 10.9 Å². The summed E-state index contributed by atoms with van der Waals surface area (Å²) >= 11 is 5.87. The number of hydrogen-bond acceptors (Lipinski definition) is 2. The molecule has 0 spiro atoms. The third-order valence-electron chi connectivity index (χ3n) is 5.91. The molecule has 0 aliphatic rings. The van der Waals surface area contributed by atoms with Crippen LogP contribution in [0.15, 0.2) is 67.0 Å². The second-order valence-corrected chi connectivity index (χ2v) is 8.37. The third-order valence-corrected chi connectivity index (χ3v) is 6.28. The van der Waals surface area contributed by atoms with Crippen molar-refractivity contribution in [3.05, 3.63) is 94.9 Å². The number of rotatable bonds is 6. The number of aromatic amines is 1. The molecule has 0 bridgehead atoms. The summed E-state index contributed by atoms with van der Waals surface area (Å²) in [5, 5.41) is 5.52. The molecule has 0 fully saturated rings. The molecule has 4 rings (SSSR count). The van der Waals surface area contributed by atoms with Crippen molar-refractivity contribution in [3.63, 3.8) is 0 Å². The molecule has 0 radical (unpaired) electrons. The van der Waals surface area contributed by atoms with Crippen molar-refractivity contribution in [1.29, 1.82) is 0 Å². The van der Waals surface area contributed by atoms with E-state index in [0.717, 1.165) is 30.3 Å². The standard InChI is InChI=1S/C26H28N4S/c1-18-7-6-10-24(19(18)2)29-26(31)30(17-21-11-14-27-15-12-21)16-13-22-20(3)28-25-9-5-4-8-23(22)25/h4-12,14-15,28H,13,16-17H2,1-3H3,(H,29,31). The fraction of sp³-hybridized carbons (Fsp3) is 0.231. The quantitative estimate of drug-likeness (QED) is 0.374. The highest BCUT2D eigenvalue weighted by Gasteiger charge is 2.15. The summed E-state index contributed by atoms with van der Waals surface area (Å²) in [6, 6.07) is 18.9. The Bertz CT molecular complexity index is 1200. The Hall–Kier alpha value is -3.18. The van der Waals surface area contributed by atoms with Crippen LogP contribution in [0.2, 0.25) is 0 Å². The third kappa shape index (κ3) is 4.78. The van der Waals surface area contributed by atoms with Gasteiger partial charge in [0, 0.05) is 47.8 Å². The molecule has 2 aromatic carbocycles. The molecule has 0 saturated carbocycles. The number of pyridine rings is 1. The van der Waals surface area contributed by atoms with Gasteiger partial charge in [0.05, 0.1) is 0 Å². The molecule has 0 aliphatic heterocycles. The summed E-state index contributed by atoms with van der Waals surface area (Å²) in [6.07, 6.45) is 4.58. The second-order valence-electron chi connectivity index (χ2n) is 7.98. The lowest BCUT2D eigenvalue weighted by Crippen LogP contribution is -2.36. The SMILES string of the molecule is Cc1cccc(NC(=S)N(CCc2c(C)[nH]c3ccccc23)Cc2ccncc2)c1C. The van der Waals surface area contributed by atoms with Crippen molar-refractivity contribution in [2.45, 2.75) is 33.7 Å². The monoisotopic (exact) mass is 428 g/mol. The number of thiocarbonyl (C=S) groups is 1. The van der Waals surface area contributed by atoms with Gasteiger partial charge in [0.15, 0.2) is 5.11 Å². The topological polar surface area (TPSA) is 44.0 Å². The van der Waals surface area contributed by atoms with Crippen LogP contribution in [-0.4, -0.2) is 26.5 Å². The van der Waals surface area contributed by atoms with Crippen LogP contribution < -0.4 is 5.32 Å². The molecule has 0 saturated heterocycles. The predicted octanol–water partition coefficient (Wildman–Crippen LogP) is 5.93. The van der Waals surface area contributed by atoms with Gasteiger partial charge in [-0.3, -0.25) is 4.98 Å². The van der Waals surface area contributed by atoms with Crippen molar-refractivity contribution in [2.75, 3.05) is 11.9 Å². The fourth-order valence-electron chi connectivity index (χ4n) is 3.95. The second kappa shape index (κ2) is 9.31. The van der Waals surface area contributed by atoms with Gasteiger partial charge < -0.3 is 15.2 Å². The summed E-state index contributed by atoms with van der Waals surface area (Å²) in [5.74, 6) is 0. The number of nitrogens with one attached hydrogen (secondary N) is 2. The van der Waals surface area contributed by atoms with Crippen molar-refractivity contribution in [3.8, 4) is 0 Å². The number of aryl methyl sites for hydroxylation is 2. The largest absolute Gasteiger partial charge is 0.358 e.